The van der Waals surface area contributed by atoms with Crippen LogP contribution < -0.4 is 5.32 Å². The molecule has 1 saturated heterocycles. The predicted molar refractivity (Wildman–Crippen MR) is 133 cm³/mol. The van der Waals surface area contributed by atoms with Crippen molar-refractivity contribution in [1.82, 2.24) is 4.90 Å². The van der Waals surface area contributed by atoms with Crippen LogP contribution in [0.2, 0.25) is 5.02 Å². The predicted octanol–water partition coefficient (Wildman–Crippen LogP) is 6.50. The zero-order valence-corrected chi connectivity index (χ0v) is 20.0. The van der Waals surface area contributed by atoms with Gasteiger partial charge in [-0.1, -0.05) is 76.1 Å². The fraction of sp³-hybridized carbons (Fsp3) is 0.227. The molecular formula is C22H20BrClN2O2S2. The van der Waals surface area contributed by atoms with E-state index in [4.69, 9.17) is 23.8 Å². The maximum atomic E-state index is 12.6. The lowest BCUT2D eigenvalue weighted by atomic mass is 10.1. The number of thiocarbonyl (C=S) groups is 1. The topological polar surface area (TPSA) is 49.4 Å². The molecule has 2 aromatic carbocycles. The Morgan fingerprint density at radius 3 is 2.67 bits per heavy atom. The van der Waals surface area contributed by atoms with Crippen LogP contribution in [0.15, 0.2) is 57.9 Å². The molecule has 156 valence electrons. The number of hydrogen-bond donors (Lipinski definition) is 1. The summed E-state index contributed by atoms with van der Waals surface area (Å²) in [6.07, 6.45) is 4.68. The van der Waals surface area contributed by atoms with E-state index in [1.165, 1.54) is 11.8 Å². The molecule has 2 aromatic rings. The maximum absolute atomic E-state index is 12.6. The van der Waals surface area contributed by atoms with Gasteiger partial charge in [0.2, 0.25) is 5.91 Å². The van der Waals surface area contributed by atoms with E-state index in [-0.39, 0.29) is 11.8 Å². The van der Waals surface area contributed by atoms with Gasteiger partial charge in [0.15, 0.2) is 0 Å². The first-order valence-electron chi connectivity index (χ1n) is 9.49. The van der Waals surface area contributed by atoms with Gasteiger partial charge < -0.3 is 5.32 Å². The number of unbranched alkanes of at least 4 members (excludes halogenated alkanes) is 2. The van der Waals surface area contributed by atoms with Crippen LogP contribution in [0.25, 0.3) is 6.08 Å². The number of rotatable bonds is 8. The second-order valence-electron chi connectivity index (χ2n) is 6.75. The summed E-state index contributed by atoms with van der Waals surface area (Å²) in [6, 6.07) is 14.8. The number of thioether (sulfide) groups is 1. The number of amides is 2. The van der Waals surface area contributed by atoms with Gasteiger partial charge in [-0.15, -0.1) is 0 Å². The van der Waals surface area contributed by atoms with Crippen LogP contribution in [0.4, 0.5) is 5.69 Å². The standard InChI is InChI=1S/C22H20BrClN2O2S2/c23-16-5-4-6-18(14-16)25-20(27)7-2-1-3-12-26-21(28)19(30-22(26)29)13-15-8-10-17(24)11-9-15/h4-6,8-11,13-14H,1-3,7,12H2,(H,25,27)/b19-13-. The maximum Gasteiger partial charge on any atom is 0.266 e. The third-order valence-corrected chi connectivity index (χ3v) is 6.56. The van der Waals surface area contributed by atoms with Crippen LogP contribution >= 0.6 is 51.5 Å². The number of anilines is 1. The van der Waals surface area contributed by atoms with Crippen molar-refractivity contribution in [2.75, 3.05) is 11.9 Å². The quantitative estimate of drug-likeness (QED) is 0.244. The average molecular weight is 524 g/mol. The highest BCUT2D eigenvalue weighted by atomic mass is 79.9. The first-order chi connectivity index (χ1) is 14.4. The number of halogens is 2. The summed E-state index contributed by atoms with van der Waals surface area (Å²) in [5.74, 6) is -0.0723. The van der Waals surface area contributed by atoms with Gasteiger partial charge in [-0.05, 0) is 54.8 Å². The first-order valence-corrected chi connectivity index (χ1v) is 11.9. The van der Waals surface area contributed by atoms with E-state index in [9.17, 15) is 9.59 Å². The van der Waals surface area contributed by atoms with Crippen molar-refractivity contribution in [1.29, 1.82) is 0 Å². The summed E-state index contributed by atoms with van der Waals surface area (Å²) in [4.78, 5) is 27.0. The van der Waals surface area contributed by atoms with E-state index in [0.717, 1.165) is 35.0 Å². The third-order valence-electron chi connectivity index (χ3n) is 4.44. The molecule has 0 bridgehead atoms. The lowest BCUT2D eigenvalue weighted by Gasteiger charge is -2.14. The smallest absolute Gasteiger partial charge is 0.266 e. The van der Waals surface area contributed by atoms with E-state index >= 15 is 0 Å². The van der Waals surface area contributed by atoms with Crippen molar-refractivity contribution < 1.29 is 9.59 Å². The Labute approximate surface area is 199 Å². The Morgan fingerprint density at radius 1 is 1.17 bits per heavy atom. The number of nitrogens with zero attached hydrogens (tertiary/aromatic N) is 1. The SMILES string of the molecule is O=C(CCCCCN1C(=O)/C(=C/c2ccc(Cl)cc2)SC1=S)Nc1cccc(Br)c1. The number of benzene rings is 2. The second kappa shape index (κ2) is 11.1. The molecule has 8 heteroatoms. The first kappa shape index (κ1) is 23.0. The highest BCUT2D eigenvalue weighted by molar-refractivity contribution is 9.10. The zero-order chi connectivity index (χ0) is 21.5. The molecule has 4 nitrogen and oxygen atoms in total. The summed E-state index contributed by atoms with van der Waals surface area (Å²) in [7, 11) is 0. The molecule has 0 saturated carbocycles. The molecule has 0 aromatic heterocycles. The Kier molecular flexibility index (Phi) is 8.50. The molecule has 3 rings (SSSR count). The molecule has 0 aliphatic carbocycles. The fourth-order valence-corrected chi connectivity index (χ4v) is 4.76. The summed E-state index contributed by atoms with van der Waals surface area (Å²) >= 11 is 16.0. The number of carbonyl (C=O) groups excluding carboxylic acids is 2. The molecule has 0 unspecified atom stereocenters. The normalized spacial score (nSPS) is 15.1. The number of hydrogen-bond acceptors (Lipinski definition) is 4. The Morgan fingerprint density at radius 2 is 1.93 bits per heavy atom. The molecule has 2 amide bonds. The van der Waals surface area contributed by atoms with Gasteiger partial charge in [0.05, 0.1) is 4.91 Å². The number of nitrogens with one attached hydrogen (secondary N) is 1. The minimum absolute atomic E-state index is 0.00962. The zero-order valence-electron chi connectivity index (χ0n) is 16.1. The summed E-state index contributed by atoms with van der Waals surface area (Å²) < 4.78 is 1.50. The van der Waals surface area contributed by atoms with Crippen molar-refractivity contribution >= 4 is 79.4 Å². The van der Waals surface area contributed by atoms with Crippen LogP contribution in [0, 0.1) is 0 Å². The molecule has 1 fully saturated rings. The largest absolute Gasteiger partial charge is 0.326 e. The molecule has 0 spiro atoms. The molecule has 0 atom stereocenters. The van der Waals surface area contributed by atoms with Crippen LogP contribution in [-0.2, 0) is 9.59 Å². The van der Waals surface area contributed by atoms with Gasteiger partial charge in [0.25, 0.3) is 5.91 Å². The van der Waals surface area contributed by atoms with E-state index in [2.05, 4.69) is 21.2 Å². The van der Waals surface area contributed by atoms with Crippen molar-refractivity contribution in [3.63, 3.8) is 0 Å². The Balaban J connectivity index is 1.41. The summed E-state index contributed by atoms with van der Waals surface area (Å²) in [6.45, 7) is 0.565. The molecule has 1 aliphatic rings. The second-order valence-corrected chi connectivity index (χ2v) is 9.78. The van der Waals surface area contributed by atoms with Crippen LogP contribution in [0.3, 0.4) is 0 Å². The molecule has 1 N–H and O–H groups in total. The number of carbonyl (C=O) groups is 2. The van der Waals surface area contributed by atoms with Crippen LogP contribution in [0.1, 0.15) is 31.2 Å². The third kappa shape index (κ3) is 6.67. The van der Waals surface area contributed by atoms with E-state index in [1.54, 1.807) is 17.0 Å². The average Bonchev–Trinajstić information content (AvgIpc) is 2.96. The van der Waals surface area contributed by atoms with Gasteiger partial charge in [-0.3, -0.25) is 14.5 Å². The van der Waals surface area contributed by atoms with Gasteiger partial charge >= 0.3 is 0 Å². The molecular weight excluding hydrogens is 504 g/mol. The van der Waals surface area contributed by atoms with Gasteiger partial charge in [-0.2, -0.15) is 0 Å². The van der Waals surface area contributed by atoms with E-state index in [0.29, 0.717) is 27.2 Å². The molecule has 1 heterocycles. The minimum Gasteiger partial charge on any atom is -0.326 e. The highest BCUT2D eigenvalue weighted by Crippen LogP contribution is 2.33. The van der Waals surface area contributed by atoms with Crippen LogP contribution in [0.5, 0.6) is 0 Å². The highest BCUT2D eigenvalue weighted by Gasteiger charge is 2.31. The molecule has 30 heavy (non-hydrogen) atoms. The molecule has 1 aliphatic heterocycles. The monoisotopic (exact) mass is 522 g/mol. The Hall–Kier alpha value is -1.67. The Bertz CT molecular complexity index is 979. The molecule has 0 radical (unpaired) electrons. The van der Waals surface area contributed by atoms with E-state index < -0.39 is 0 Å². The van der Waals surface area contributed by atoms with Crippen LogP contribution in [-0.4, -0.2) is 27.6 Å². The fourth-order valence-electron chi connectivity index (χ4n) is 2.93. The van der Waals surface area contributed by atoms with Crippen molar-refractivity contribution in [3.8, 4) is 0 Å². The van der Waals surface area contributed by atoms with Crippen molar-refractivity contribution in [2.45, 2.75) is 25.7 Å². The van der Waals surface area contributed by atoms with Gasteiger partial charge in [0, 0.05) is 28.1 Å². The van der Waals surface area contributed by atoms with Crippen molar-refractivity contribution in [3.05, 3.63) is 68.5 Å². The van der Waals surface area contributed by atoms with Gasteiger partial charge in [-0.25, -0.2) is 0 Å². The summed E-state index contributed by atoms with van der Waals surface area (Å²) in [5.41, 5.74) is 1.69. The van der Waals surface area contributed by atoms with Crippen molar-refractivity contribution in [2.24, 2.45) is 0 Å². The minimum atomic E-state index is -0.0626. The summed E-state index contributed by atoms with van der Waals surface area (Å²) in [5, 5.41) is 3.55. The van der Waals surface area contributed by atoms with E-state index in [1.807, 2.05) is 42.5 Å². The van der Waals surface area contributed by atoms with Gasteiger partial charge in [0.1, 0.15) is 4.32 Å². The lowest BCUT2D eigenvalue weighted by Crippen LogP contribution is -2.29. The lowest BCUT2D eigenvalue weighted by molar-refractivity contribution is -0.122.